The average Bonchev–Trinajstić information content (AvgIpc) is 1.99. The van der Waals surface area contributed by atoms with E-state index >= 15 is 0 Å². The lowest BCUT2D eigenvalue weighted by molar-refractivity contribution is 0.179. The highest BCUT2D eigenvalue weighted by molar-refractivity contribution is 4.88. The number of fused-ring (bicyclic) bond motifs is 2. The van der Waals surface area contributed by atoms with Gasteiger partial charge < -0.3 is 10.6 Å². The molecule has 0 aromatic carbocycles. The van der Waals surface area contributed by atoms with Crippen LogP contribution in [0.4, 0.5) is 0 Å². The highest BCUT2D eigenvalue weighted by Crippen LogP contribution is 2.23. The minimum atomic E-state index is 0.740. The monoisotopic (exact) mass is 140 g/mol. The molecule has 2 fully saturated rings. The lowest BCUT2D eigenvalue weighted by Crippen LogP contribution is -2.53. The summed E-state index contributed by atoms with van der Waals surface area (Å²) >= 11 is 0. The molecule has 10 heavy (non-hydrogen) atoms. The third kappa shape index (κ3) is 1.06. The van der Waals surface area contributed by atoms with Crippen LogP contribution in [-0.2, 0) is 0 Å². The van der Waals surface area contributed by atoms with Crippen LogP contribution < -0.4 is 10.6 Å². The Kier molecular flexibility index (Phi) is 1.66. The molecule has 2 aliphatic heterocycles. The molecule has 2 nitrogen and oxygen atoms in total. The minimum absolute atomic E-state index is 0.740. The first-order chi connectivity index (χ1) is 4.86. The molecule has 0 amide bonds. The van der Waals surface area contributed by atoms with E-state index in [4.69, 9.17) is 0 Å². The molecule has 0 saturated carbocycles. The zero-order chi connectivity index (χ0) is 6.97. The predicted molar refractivity (Wildman–Crippen MR) is 41.9 cm³/mol. The molecule has 0 spiro atoms. The molecule has 2 N–H and O–H groups in total. The van der Waals surface area contributed by atoms with E-state index in [1.54, 1.807) is 0 Å². The quantitative estimate of drug-likeness (QED) is 0.502. The molecule has 0 aliphatic carbocycles. The third-order valence-corrected chi connectivity index (χ3v) is 2.91. The topological polar surface area (TPSA) is 24.1 Å². The highest BCUT2D eigenvalue weighted by Gasteiger charge is 2.29. The van der Waals surface area contributed by atoms with Crippen LogP contribution in [0.2, 0.25) is 0 Å². The van der Waals surface area contributed by atoms with Gasteiger partial charge in [0.2, 0.25) is 0 Å². The van der Waals surface area contributed by atoms with Crippen molar-refractivity contribution in [3.8, 4) is 0 Å². The van der Waals surface area contributed by atoms with Crippen molar-refractivity contribution in [3.05, 3.63) is 0 Å². The summed E-state index contributed by atoms with van der Waals surface area (Å²) in [5.74, 6) is 1.81. The molecule has 2 heteroatoms. The number of rotatable bonds is 0. The summed E-state index contributed by atoms with van der Waals surface area (Å²) in [5.41, 5.74) is 0. The Morgan fingerprint density at radius 1 is 1.20 bits per heavy atom. The van der Waals surface area contributed by atoms with Crippen LogP contribution in [-0.4, -0.2) is 25.7 Å². The summed E-state index contributed by atoms with van der Waals surface area (Å²) in [5, 5.41) is 7.02. The van der Waals surface area contributed by atoms with Crippen LogP contribution in [0.15, 0.2) is 0 Å². The molecule has 2 rings (SSSR count). The first-order valence-electron chi connectivity index (χ1n) is 4.30. The van der Waals surface area contributed by atoms with E-state index in [0.29, 0.717) is 0 Å². The molecular formula is C8H16N2. The minimum Gasteiger partial charge on any atom is -0.316 e. The lowest BCUT2D eigenvalue weighted by atomic mass is 9.82. The number of piperidine rings is 2. The van der Waals surface area contributed by atoms with Gasteiger partial charge in [-0.25, -0.2) is 0 Å². The second-order valence-corrected chi connectivity index (χ2v) is 3.72. The molecule has 0 unspecified atom stereocenters. The van der Waals surface area contributed by atoms with Gasteiger partial charge in [0.15, 0.2) is 0 Å². The van der Waals surface area contributed by atoms with Crippen LogP contribution in [0.5, 0.6) is 0 Å². The normalized spacial score (nSPS) is 47.1. The molecule has 0 aromatic heterocycles. The molecule has 58 valence electrons. The molecular weight excluding hydrogens is 124 g/mol. The van der Waals surface area contributed by atoms with Crippen LogP contribution >= 0.6 is 0 Å². The van der Waals surface area contributed by atoms with Crippen molar-refractivity contribution >= 4 is 0 Å². The van der Waals surface area contributed by atoms with Crippen molar-refractivity contribution < 1.29 is 0 Å². The van der Waals surface area contributed by atoms with Gasteiger partial charge in [0.1, 0.15) is 0 Å². The van der Waals surface area contributed by atoms with Crippen LogP contribution in [0.3, 0.4) is 0 Å². The summed E-state index contributed by atoms with van der Waals surface area (Å²) in [6.45, 7) is 5.99. The number of hydrogen-bond donors (Lipinski definition) is 2. The van der Waals surface area contributed by atoms with Crippen molar-refractivity contribution in [2.75, 3.05) is 19.6 Å². The molecule has 2 aliphatic rings. The fraction of sp³-hybridized carbons (Fsp3) is 1.00. The van der Waals surface area contributed by atoms with Crippen molar-refractivity contribution in [3.63, 3.8) is 0 Å². The number of nitrogens with one attached hydrogen (secondary N) is 2. The Morgan fingerprint density at radius 3 is 2.90 bits per heavy atom. The van der Waals surface area contributed by atoms with E-state index in [1.807, 2.05) is 0 Å². The van der Waals surface area contributed by atoms with Crippen LogP contribution in [0.25, 0.3) is 0 Å². The van der Waals surface area contributed by atoms with Gasteiger partial charge >= 0.3 is 0 Å². The van der Waals surface area contributed by atoms with E-state index in [9.17, 15) is 0 Å². The second kappa shape index (κ2) is 2.51. The maximum absolute atomic E-state index is 3.54. The third-order valence-electron chi connectivity index (χ3n) is 2.91. The molecule has 2 heterocycles. The van der Waals surface area contributed by atoms with Gasteiger partial charge in [0, 0.05) is 6.04 Å². The fourth-order valence-electron chi connectivity index (χ4n) is 2.12. The lowest BCUT2D eigenvalue weighted by Gasteiger charge is -2.39. The molecule has 0 aromatic rings. The van der Waals surface area contributed by atoms with Gasteiger partial charge in [-0.05, 0) is 44.8 Å². The Balaban J connectivity index is 2.00. The first-order valence-corrected chi connectivity index (χ1v) is 4.30. The summed E-state index contributed by atoms with van der Waals surface area (Å²) < 4.78 is 0. The van der Waals surface area contributed by atoms with Crippen LogP contribution in [0.1, 0.15) is 13.3 Å². The summed E-state index contributed by atoms with van der Waals surface area (Å²) in [6.07, 6.45) is 1.45. The molecule has 2 bridgehead atoms. The van der Waals surface area contributed by atoms with Crippen molar-refractivity contribution in [2.45, 2.75) is 19.4 Å². The van der Waals surface area contributed by atoms with E-state index in [1.165, 1.54) is 26.1 Å². The van der Waals surface area contributed by atoms with Crippen molar-refractivity contribution in [1.29, 1.82) is 0 Å². The molecule has 3 atom stereocenters. The number of hydrogen-bond acceptors (Lipinski definition) is 2. The zero-order valence-corrected chi connectivity index (χ0v) is 6.56. The van der Waals surface area contributed by atoms with Crippen molar-refractivity contribution in [2.24, 2.45) is 11.8 Å². The van der Waals surface area contributed by atoms with E-state index < -0.39 is 0 Å². The van der Waals surface area contributed by atoms with Gasteiger partial charge in [-0.2, -0.15) is 0 Å². The highest BCUT2D eigenvalue weighted by atomic mass is 15.0. The van der Waals surface area contributed by atoms with E-state index in [0.717, 1.165) is 17.9 Å². The zero-order valence-electron chi connectivity index (χ0n) is 6.56. The Labute approximate surface area is 62.4 Å². The van der Waals surface area contributed by atoms with Gasteiger partial charge in [0.05, 0.1) is 0 Å². The SMILES string of the molecule is C[C@H]1NC[C@@H]2CNC[C@H]1C2. The van der Waals surface area contributed by atoms with E-state index in [2.05, 4.69) is 17.6 Å². The Hall–Kier alpha value is -0.0800. The van der Waals surface area contributed by atoms with E-state index in [-0.39, 0.29) is 0 Å². The standard InChI is InChI=1S/C8H16N2/c1-6-8-2-7(4-10-6)3-9-5-8/h6-10H,2-5H2,1H3/t6-,7+,8-/m1/s1. The van der Waals surface area contributed by atoms with Crippen LogP contribution in [0, 0.1) is 11.8 Å². The smallest absolute Gasteiger partial charge is 0.00793 e. The Morgan fingerprint density at radius 2 is 2.10 bits per heavy atom. The maximum atomic E-state index is 3.54. The van der Waals surface area contributed by atoms with Gasteiger partial charge in [-0.15, -0.1) is 0 Å². The van der Waals surface area contributed by atoms with Gasteiger partial charge in [-0.1, -0.05) is 0 Å². The first kappa shape index (κ1) is 6.62. The Bertz CT molecular complexity index is 122. The maximum Gasteiger partial charge on any atom is 0.00793 e. The summed E-state index contributed by atoms with van der Waals surface area (Å²) in [7, 11) is 0. The van der Waals surface area contributed by atoms with Gasteiger partial charge in [-0.3, -0.25) is 0 Å². The molecule has 0 radical (unpaired) electrons. The molecule has 2 saturated heterocycles. The largest absolute Gasteiger partial charge is 0.316 e. The summed E-state index contributed by atoms with van der Waals surface area (Å²) in [4.78, 5) is 0. The fourth-order valence-corrected chi connectivity index (χ4v) is 2.12. The van der Waals surface area contributed by atoms with Gasteiger partial charge in [0.25, 0.3) is 0 Å². The van der Waals surface area contributed by atoms with Crippen molar-refractivity contribution in [1.82, 2.24) is 10.6 Å². The second-order valence-electron chi connectivity index (χ2n) is 3.72. The summed E-state index contributed by atoms with van der Waals surface area (Å²) in [6, 6.07) is 0.740. The average molecular weight is 140 g/mol. The predicted octanol–water partition coefficient (Wildman–Crippen LogP) is 0.204.